The number of likely N-dealkylation sites (tertiary alicyclic amines) is 1. The van der Waals surface area contributed by atoms with E-state index in [9.17, 15) is 4.79 Å². The number of hydrazine groups is 1. The Balaban J connectivity index is 1.71. The van der Waals surface area contributed by atoms with Gasteiger partial charge < -0.3 is 9.30 Å². The van der Waals surface area contributed by atoms with E-state index in [1.54, 1.807) is 24.4 Å². The van der Waals surface area contributed by atoms with Crippen LogP contribution in [0.2, 0.25) is 0 Å². The molecule has 7 nitrogen and oxygen atoms in total. The van der Waals surface area contributed by atoms with Gasteiger partial charge in [-0.05, 0) is 69.6 Å². The topological polar surface area (TPSA) is 99.4 Å². The van der Waals surface area contributed by atoms with E-state index in [0.717, 1.165) is 42.0 Å². The van der Waals surface area contributed by atoms with Crippen molar-refractivity contribution in [3.63, 3.8) is 0 Å². The minimum absolute atomic E-state index is 0.330. The first-order valence-electron chi connectivity index (χ1n) is 9.94. The van der Waals surface area contributed by atoms with Crippen LogP contribution in [0.25, 0.3) is 16.9 Å². The van der Waals surface area contributed by atoms with Gasteiger partial charge in [-0.15, -0.1) is 0 Å². The van der Waals surface area contributed by atoms with Crippen molar-refractivity contribution in [2.75, 3.05) is 19.6 Å². The quantitative estimate of drug-likeness (QED) is 0.384. The molecule has 0 atom stereocenters. The number of nitrogens with one attached hydrogen (secondary N) is 1. The van der Waals surface area contributed by atoms with Crippen LogP contribution in [-0.4, -0.2) is 39.8 Å². The predicted molar refractivity (Wildman–Crippen MR) is 111 cm³/mol. The summed E-state index contributed by atoms with van der Waals surface area (Å²) in [6.45, 7) is 3.41. The van der Waals surface area contributed by atoms with Gasteiger partial charge in [0, 0.05) is 11.8 Å². The molecule has 7 heteroatoms. The SMILES string of the molecule is N#Cc1ccc(-c2nc3ccc(C(=O)NN)cn3c2CCCN2CCCC2)cc1. The van der Waals surface area contributed by atoms with E-state index in [4.69, 9.17) is 16.1 Å². The number of aryl methyl sites for hydroxylation is 1. The van der Waals surface area contributed by atoms with Gasteiger partial charge in [0.2, 0.25) is 0 Å². The summed E-state index contributed by atoms with van der Waals surface area (Å²) in [6, 6.07) is 13.2. The monoisotopic (exact) mass is 388 g/mol. The van der Waals surface area contributed by atoms with Gasteiger partial charge >= 0.3 is 0 Å². The molecule has 2 aromatic heterocycles. The zero-order valence-corrected chi connectivity index (χ0v) is 16.3. The highest BCUT2D eigenvalue weighted by Gasteiger charge is 2.17. The van der Waals surface area contributed by atoms with E-state index in [1.165, 1.54) is 25.9 Å². The lowest BCUT2D eigenvalue weighted by molar-refractivity contribution is 0.0953. The number of nitrogens with zero attached hydrogens (tertiary/aromatic N) is 4. The van der Waals surface area contributed by atoms with Crippen LogP contribution in [-0.2, 0) is 6.42 Å². The molecule has 1 amide bonds. The molecule has 1 fully saturated rings. The third-order valence-electron chi connectivity index (χ3n) is 5.48. The molecule has 0 aliphatic carbocycles. The first-order valence-corrected chi connectivity index (χ1v) is 9.94. The Kier molecular flexibility index (Phi) is 5.56. The van der Waals surface area contributed by atoms with E-state index in [1.807, 2.05) is 22.6 Å². The van der Waals surface area contributed by atoms with Crippen molar-refractivity contribution < 1.29 is 4.79 Å². The zero-order chi connectivity index (χ0) is 20.2. The molecule has 1 aliphatic rings. The standard InChI is InChI=1S/C22H24N6O/c23-14-16-5-7-17(8-6-16)21-19(4-3-13-27-11-1-2-12-27)28-15-18(22(29)26-24)9-10-20(28)25-21/h5-10,15H,1-4,11-13,24H2,(H,26,29). The van der Waals surface area contributed by atoms with Gasteiger partial charge in [-0.1, -0.05) is 12.1 Å². The molecule has 3 N–H and O–H groups in total. The molecule has 1 aliphatic heterocycles. The molecule has 3 aromatic rings. The van der Waals surface area contributed by atoms with Gasteiger partial charge in [-0.2, -0.15) is 5.26 Å². The second-order valence-corrected chi connectivity index (χ2v) is 7.37. The van der Waals surface area contributed by atoms with E-state index >= 15 is 0 Å². The molecular weight excluding hydrogens is 364 g/mol. The summed E-state index contributed by atoms with van der Waals surface area (Å²) < 4.78 is 1.99. The lowest BCUT2D eigenvalue weighted by atomic mass is 10.1. The molecule has 3 heterocycles. The number of nitriles is 1. The Morgan fingerprint density at radius 2 is 1.93 bits per heavy atom. The van der Waals surface area contributed by atoms with Crippen molar-refractivity contribution in [2.24, 2.45) is 5.84 Å². The Morgan fingerprint density at radius 1 is 1.17 bits per heavy atom. The fourth-order valence-corrected chi connectivity index (χ4v) is 3.96. The third kappa shape index (κ3) is 3.99. The van der Waals surface area contributed by atoms with Crippen LogP contribution < -0.4 is 11.3 Å². The smallest absolute Gasteiger partial charge is 0.266 e. The van der Waals surface area contributed by atoms with E-state index in [0.29, 0.717) is 11.1 Å². The van der Waals surface area contributed by atoms with Gasteiger partial charge in [-0.25, -0.2) is 10.8 Å². The number of hydrogen-bond acceptors (Lipinski definition) is 5. The summed E-state index contributed by atoms with van der Waals surface area (Å²) in [5, 5.41) is 9.07. The number of amides is 1. The maximum absolute atomic E-state index is 12.0. The second-order valence-electron chi connectivity index (χ2n) is 7.37. The van der Waals surface area contributed by atoms with E-state index in [2.05, 4.69) is 16.4 Å². The van der Waals surface area contributed by atoms with Crippen LogP contribution in [0.15, 0.2) is 42.6 Å². The lowest BCUT2D eigenvalue weighted by Crippen LogP contribution is -2.30. The van der Waals surface area contributed by atoms with Gasteiger partial charge in [0.05, 0.1) is 28.6 Å². The van der Waals surface area contributed by atoms with Gasteiger partial charge in [-0.3, -0.25) is 10.2 Å². The fraction of sp³-hybridized carbons (Fsp3) is 0.318. The number of imidazole rings is 1. The van der Waals surface area contributed by atoms with E-state index < -0.39 is 0 Å². The largest absolute Gasteiger partial charge is 0.303 e. The van der Waals surface area contributed by atoms with E-state index in [-0.39, 0.29) is 5.91 Å². The first kappa shape index (κ1) is 19.1. The Morgan fingerprint density at radius 3 is 2.62 bits per heavy atom. The summed E-state index contributed by atoms with van der Waals surface area (Å²) in [6.07, 6.45) is 6.22. The predicted octanol–water partition coefficient (Wildman–Crippen LogP) is 2.50. The zero-order valence-electron chi connectivity index (χ0n) is 16.3. The van der Waals surface area contributed by atoms with Crippen molar-refractivity contribution in [1.29, 1.82) is 5.26 Å². The number of nitrogen functional groups attached to an aromatic ring is 1. The number of fused-ring (bicyclic) bond motifs is 1. The molecular formula is C22H24N6O. The number of benzene rings is 1. The van der Waals surface area contributed by atoms with Crippen molar-refractivity contribution in [1.82, 2.24) is 19.7 Å². The summed E-state index contributed by atoms with van der Waals surface area (Å²) >= 11 is 0. The molecule has 0 radical (unpaired) electrons. The molecule has 1 saturated heterocycles. The minimum atomic E-state index is -0.330. The first-order chi connectivity index (χ1) is 14.2. The average Bonchev–Trinajstić information content (AvgIpc) is 3.41. The fourth-order valence-electron chi connectivity index (χ4n) is 3.96. The highest BCUT2D eigenvalue weighted by molar-refractivity contribution is 5.93. The number of rotatable bonds is 6. The van der Waals surface area contributed by atoms with Gasteiger partial charge in [0.1, 0.15) is 5.65 Å². The number of carbonyl (C=O) groups is 1. The van der Waals surface area contributed by atoms with Crippen molar-refractivity contribution in [3.05, 3.63) is 59.4 Å². The summed E-state index contributed by atoms with van der Waals surface area (Å²) in [4.78, 5) is 19.3. The number of nitrogens with two attached hydrogens (primary N) is 1. The van der Waals surface area contributed by atoms with Crippen LogP contribution in [0.3, 0.4) is 0 Å². The summed E-state index contributed by atoms with van der Waals surface area (Å²) in [7, 11) is 0. The Hall–Kier alpha value is -3.21. The highest BCUT2D eigenvalue weighted by atomic mass is 16.2. The van der Waals surface area contributed by atoms with Gasteiger partial charge in [0.15, 0.2) is 0 Å². The second kappa shape index (κ2) is 8.43. The van der Waals surface area contributed by atoms with Crippen molar-refractivity contribution in [2.45, 2.75) is 25.7 Å². The molecule has 1 aromatic carbocycles. The van der Waals surface area contributed by atoms with Crippen LogP contribution in [0, 0.1) is 11.3 Å². The van der Waals surface area contributed by atoms with Crippen LogP contribution in [0.4, 0.5) is 0 Å². The number of hydrogen-bond donors (Lipinski definition) is 2. The summed E-state index contributed by atoms with van der Waals surface area (Å²) in [5.74, 6) is 4.97. The molecule has 0 spiro atoms. The van der Waals surface area contributed by atoms with Crippen LogP contribution in [0.1, 0.15) is 40.9 Å². The number of pyridine rings is 1. The maximum atomic E-state index is 12.0. The maximum Gasteiger partial charge on any atom is 0.266 e. The molecule has 148 valence electrons. The highest BCUT2D eigenvalue weighted by Crippen LogP contribution is 2.27. The van der Waals surface area contributed by atoms with Crippen LogP contribution in [0.5, 0.6) is 0 Å². The Bertz CT molecular complexity index is 1060. The van der Waals surface area contributed by atoms with Crippen molar-refractivity contribution >= 4 is 11.6 Å². The number of carbonyl (C=O) groups excluding carboxylic acids is 1. The van der Waals surface area contributed by atoms with Crippen LogP contribution >= 0.6 is 0 Å². The molecule has 29 heavy (non-hydrogen) atoms. The average molecular weight is 388 g/mol. The normalized spacial score (nSPS) is 14.2. The molecule has 0 bridgehead atoms. The molecule has 0 unspecified atom stereocenters. The van der Waals surface area contributed by atoms with Crippen molar-refractivity contribution in [3.8, 4) is 17.3 Å². The Labute approximate surface area is 169 Å². The number of aromatic nitrogens is 2. The lowest BCUT2D eigenvalue weighted by Gasteiger charge is -2.14. The third-order valence-corrected chi connectivity index (χ3v) is 5.48. The van der Waals surface area contributed by atoms with Gasteiger partial charge in [0.25, 0.3) is 5.91 Å². The minimum Gasteiger partial charge on any atom is -0.303 e. The summed E-state index contributed by atoms with van der Waals surface area (Å²) in [5.41, 5.74) is 7.01. The molecule has 0 saturated carbocycles. The molecule has 4 rings (SSSR count).